The van der Waals surface area contributed by atoms with Crippen molar-refractivity contribution in [3.05, 3.63) is 0 Å². The standard InChI is InChI=1S/C12H26N2O3/c1-5-10(6-2)14-12(15)13-9-11(16-7-3)17-8-4/h10-11H,5-9H2,1-4H3,(H2,13,14,15). The normalized spacial score (nSPS) is 10.9. The summed E-state index contributed by atoms with van der Waals surface area (Å²) in [5.41, 5.74) is 0. The first-order chi connectivity index (χ1) is 8.17. The van der Waals surface area contributed by atoms with Crippen molar-refractivity contribution < 1.29 is 14.3 Å². The minimum Gasteiger partial charge on any atom is -0.351 e. The van der Waals surface area contributed by atoms with Gasteiger partial charge in [0.25, 0.3) is 0 Å². The lowest BCUT2D eigenvalue weighted by Gasteiger charge is -2.19. The molecule has 0 aromatic rings. The number of ether oxygens (including phenoxy) is 2. The van der Waals surface area contributed by atoms with Gasteiger partial charge >= 0.3 is 6.03 Å². The molecule has 5 heteroatoms. The lowest BCUT2D eigenvalue weighted by Crippen LogP contribution is -2.45. The average Bonchev–Trinajstić information content (AvgIpc) is 2.33. The molecule has 0 unspecified atom stereocenters. The van der Waals surface area contributed by atoms with Crippen molar-refractivity contribution in [1.29, 1.82) is 0 Å². The van der Waals surface area contributed by atoms with Gasteiger partial charge in [-0.15, -0.1) is 0 Å². The Hall–Kier alpha value is -0.810. The molecule has 0 saturated carbocycles. The van der Waals surface area contributed by atoms with E-state index in [0.717, 1.165) is 12.8 Å². The summed E-state index contributed by atoms with van der Waals surface area (Å²) < 4.78 is 10.7. The van der Waals surface area contributed by atoms with Crippen LogP contribution in [0.1, 0.15) is 40.5 Å². The first kappa shape index (κ1) is 16.2. The first-order valence-corrected chi connectivity index (χ1v) is 6.45. The van der Waals surface area contributed by atoms with Crippen molar-refractivity contribution >= 4 is 6.03 Å². The molecule has 2 amide bonds. The lowest BCUT2D eigenvalue weighted by molar-refractivity contribution is -0.131. The summed E-state index contributed by atoms with van der Waals surface area (Å²) in [6.45, 7) is 9.41. The molecule has 0 heterocycles. The fraction of sp³-hybridized carbons (Fsp3) is 0.917. The van der Waals surface area contributed by atoms with Gasteiger partial charge in [-0.3, -0.25) is 0 Å². The fourth-order valence-electron chi connectivity index (χ4n) is 1.44. The van der Waals surface area contributed by atoms with Crippen LogP contribution in [-0.4, -0.2) is 38.1 Å². The van der Waals surface area contributed by atoms with Crippen LogP contribution in [0.5, 0.6) is 0 Å². The van der Waals surface area contributed by atoms with Gasteiger partial charge in [-0.05, 0) is 26.7 Å². The van der Waals surface area contributed by atoms with E-state index in [1.54, 1.807) is 0 Å². The van der Waals surface area contributed by atoms with Gasteiger partial charge in [-0.2, -0.15) is 0 Å². The summed E-state index contributed by atoms with van der Waals surface area (Å²) in [5, 5.41) is 5.65. The highest BCUT2D eigenvalue weighted by atomic mass is 16.7. The first-order valence-electron chi connectivity index (χ1n) is 6.45. The van der Waals surface area contributed by atoms with Crippen molar-refractivity contribution in [3.63, 3.8) is 0 Å². The van der Waals surface area contributed by atoms with Crippen molar-refractivity contribution in [2.24, 2.45) is 0 Å². The van der Waals surface area contributed by atoms with E-state index in [4.69, 9.17) is 9.47 Å². The van der Waals surface area contributed by atoms with E-state index >= 15 is 0 Å². The summed E-state index contributed by atoms with van der Waals surface area (Å²) in [4.78, 5) is 11.6. The summed E-state index contributed by atoms with van der Waals surface area (Å²) in [6, 6.07) is 0.0655. The van der Waals surface area contributed by atoms with Gasteiger partial charge in [-0.25, -0.2) is 4.79 Å². The molecule has 0 rings (SSSR count). The van der Waals surface area contributed by atoms with Gasteiger partial charge in [-0.1, -0.05) is 13.8 Å². The molecule has 0 saturated heterocycles. The van der Waals surface area contributed by atoms with Gasteiger partial charge in [0.15, 0.2) is 6.29 Å². The van der Waals surface area contributed by atoms with Crippen molar-refractivity contribution in [1.82, 2.24) is 10.6 Å². The summed E-state index contributed by atoms with van der Waals surface area (Å²) in [6.07, 6.45) is 1.51. The van der Waals surface area contributed by atoms with Gasteiger partial charge in [0.1, 0.15) is 0 Å². The van der Waals surface area contributed by atoms with Gasteiger partial charge in [0, 0.05) is 19.3 Å². The Morgan fingerprint density at radius 1 is 1.06 bits per heavy atom. The Labute approximate surface area is 104 Å². The Morgan fingerprint density at radius 2 is 1.59 bits per heavy atom. The van der Waals surface area contributed by atoms with Crippen LogP contribution in [0.3, 0.4) is 0 Å². The predicted molar refractivity (Wildman–Crippen MR) is 67.9 cm³/mol. The van der Waals surface area contributed by atoms with E-state index in [1.165, 1.54) is 0 Å². The van der Waals surface area contributed by atoms with Crippen LogP contribution in [0.25, 0.3) is 0 Å². The Balaban J connectivity index is 3.86. The summed E-state index contributed by atoms with van der Waals surface area (Å²) in [7, 11) is 0. The maximum atomic E-state index is 11.6. The third-order valence-corrected chi connectivity index (χ3v) is 2.46. The molecule has 0 fully saturated rings. The number of nitrogens with one attached hydrogen (secondary N) is 2. The molecule has 0 aliphatic heterocycles. The number of carbonyl (C=O) groups excluding carboxylic acids is 1. The predicted octanol–water partition coefficient (Wildman–Crippen LogP) is 1.87. The van der Waals surface area contributed by atoms with Crippen LogP contribution in [0.15, 0.2) is 0 Å². The van der Waals surface area contributed by atoms with E-state index in [2.05, 4.69) is 24.5 Å². The molecule has 0 aromatic heterocycles. The second kappa shape index (κ2) is 10.4. The molecule has 2 N–H and O–H groups in total. The smallest absolute Gasteiger partial charge is 0.315 e. The summed E-state index contributed by atoms with van der Waals surface area (Å²) >= 11 is 0. The maximum Gasteiger partial charge on any atom is 0.315 e. The Morgan fingerprint density at radius 3 is 2.00 bits per heavy atom. The van der Waals surface area contributed by atoms with Gasteiger partial charge in [0.2, 0.25) is 0 Å². The highest BCUT2D eigenvalue weighted by Gasteiger charge is 2.11. The molecule has 0 bridgehead atoms. The Kier molecular flexibility index (Phi) is 9.86. The van der Waals surface area contributed by atoms with E-state index in [-0.39, 0.29) is 18.4 Å². The van der Waals surface area contributed by atoms with Crippen LogP contribution < -0.4 is 10.6 Å². The monoisotopic (exact) mass is 246 g/mol. The van der Waals surface area contributed by atoms with Crippen molar-refractivity contribution in [2.75, 3.05) is 19.8 Å². The topological polar surface area (TPSA) is 59.6 Å². The maximum absolute atomic E-state index is 11.6. The number of hydrogen-bond donors (Lipinski definition) is 2. The average molecular weight is 246 g/mol. The van der Waals surface area contributed by atoms with Crippen LogP contribution in [-0.2, 0) is 9.47 Å². The van der Waals surface area contributed by atoms with Crippen LogP contribution in [0.4, 0.5) is 4.79 Å². The zero-order valence-corrected chi connectivity index (χ0v) is 11.4. The molecule has 5 nitrogen and oxygen atoms in total. The molecular formula is C12H26N2O3. The quantitative estimate of drug-likeness (QED) is 0.611. The SMILES string of the molecule is CCOC(CNC(=O)NC(CC)CC)OCC. The van der Waals surface area contributed by atoms with Crippen molar-refractivity contribution in [3.8, 4) is 0 Å². The van der Waals surface area contributed by atoms with E-state index < -0.39 is 0 Å². The molecule has 0 radical (unpaired) electrons. The molecule has 0 spiro atoms. The molecule has 0 atom stereocenters. The summed E-state index contributed by atoms with van der Waals surface area (Å²) in [5.74, 6) is 0. The highest BCUT2D eigenvalue weighted by molar-refractivity contribution is 5.74. The molecule has 0 aliphatic rings. The number of urea groups is 1. The van der Waals surface area contributed by atoms with Crippen LogP contribution in [0.2, 0.25) is 0 Å². The van der Waals surface area contributed by atoms with E-state index in [1.807, 2.05) is 13.8 Å². The zero-order valence-electron chi connectivity index (χ0n) is 11.4. The molecule has 0 aliphatic carbocycles. The molecule has 0 aromatic carbocycles. The van der Waals surface area contributed by atoms with Gasteiger partial charge < -0.3 is 20.1 Å². The van der Waals surface area contributed by atoms with Crippen LogP contribution in [0, 0.1) is 0 Å². The van der Waals surface area contributed by atoms with E-state index in [9.17, 15) is 4.79 Å². The zero-order chi connectivity index (χ0) is 13.1. The third-order valence-electron chi connectivity index (χ3n) is 2.46. The largest absolute Gasteiger partial charge is 0.351 e. The number of carbonyl (C=O) groups is 1. The van der Waals surface area contributed by atoms with Crippen molar-refractivity contribution in [2.45, 2.75) is 52.9 Å². The fourth-order valence-corrected chi connectivity index (χ4v) is 1.44. The highest BCUT2D eigenvalue weighted by Crippen LogP contribution is 1.96. The molecular weight excluding hydrogens is 220 g/mol. The minimum absolute atomic E-state index is 0.164. The lowest BCUT2D eigenvalue weighted by atomic mass is 10.2. The third kappa shape index (κ3) is 7.99. The van der Waals surface area contributed by atoms with Crippen LogP contribution >= 0.6 is 0 Å². The van der Waals surface area contributed by atoms with E-state index in [0.29, 0.717) is 19.8 Å². The number of hydrogen-bond acceptors (Lipinski definition) is 3. The Bertz CT molecular complexity index is 190. The second-order valence-corrected chi connectivity index (χ2v) is 3.71. The second-order valence-electron chi connectivity index (χ2n) is 3.71. The number of amides is 2. The molecule has 102 valence electrons. The van der Waals surface area contributed by atoms with Gasteiger partial charge in [0.05, 0.1) is 6.54 Å². The molecule has 17 heavy (non-hydrogen) atoms. The minimum atomic E-state index is -0.363. The number of rotatable bonds is 9.